The van der Waals surface area contributed by atoms with E-state index in [-0.39, 0.29) is 5.82 Å². The van der Waals surface area contributed by atoms with Crippen molar-refractivity contribution in [3.05, 3.63) is 84.4 Å². The van der Waals surface area contributed by atoms with Crippen molar-refractivity contribution < 1.29 is 13.9 Å². The molecule has 2 rings (SSSR count). The Morgan fingerprint density at radius 1 is 1.23 bits per heavy atom. The van der Waals surface area contributed by atoms with Gasteiger partial charge in [0.1, 0.15) is 5.82 Å². The molecule has 0 N–H and O–H groups in total. The smallest absolute Gasteiger partial charge is 0.194 e. The highest BCUT2D eigenvalue weighted by molar-refractivity contribution is 5.89. The van der Waals surface area contributed by atoms with E-state index in [1.54, 1.807) is 24.6 Å². The lowest BCUT2D eigenvalue weighted by molar-refractivity contribution is -0.0867. The lowest BCUT2D eigenvalue weighted by Gasteiger charge is -2.14. The maximum Gasteiger partial charge on any atom is 0.194 e. The summed E-state index contributed by atoms with van der Waals surface area (Å²) in [4.78, 5) is 8.86. The zero-order valence-electron chi connectivity index (χ0n) is 17.7. The molecular formula is C25H29FN2O2. The van der Waals surface area contributed by atoms with Gasteiger partial charge in [0.25, 0.3) is 0 Å². The van der Waals surface area contributed by atoms with Crippen molar-refractivity contribution in [1.29, 1.82) is 0 Å². The van der Waals surface area contributed by atoms with Gasteiger partial charge < -0.3 is 9.47 Å². The van der Waals surface area contributed by atoms with E-state index < -0.39 is 6.29 Å². The Labute approximate surface area is 178 Å². The lowest BCUT2D eigenvalue weighted by Crippen LogP contribution is -2.18. The van der Waals surface area contributed by atoms with E-state index in [4.69, 9.17) is 9.47 Å². The third kappa shape index (κ3) is 7.17. The first-order valence-electron chi connectivity index (χ1n) is 10.1. The van der Waals surface area contributed by atoms with Gasteiger partial charge in [-0.15, -0.1) is 0 Å². The number of rotatable bonds is 11. The quantitative estimate of drug-likeness (QED) is 0.243. The van der Waals surface area contributed by atoms with Crippen LogP contribution in [0.1, 0.15) is 32.3 Å². The first-order valence-corrected chi connectivity index (χ1v) is 10.1. The Morgan fingerprint density at radius 3 is 2.63 bits per heavy atom. The van der Waals surface area contributed by atoms with Crippen molar-refractivity contribution in [3.63, 3.8) is 0 Å². The van der Waals surface area contributed by atoms with Crippen LogP contribution < -0.4 is 0 Å². The van der Waals surface area contributed by atoms with Crippen molar-refractivity contribution in [2.75, 3.05) is 13.2 Å². The van der Waals surface area contributed by atoms with Crippen LogP contribution in [0.15, 0.2) is 83.0 Å². The minimum absolute atomic E-state index is 0.366. The number of aliphatic imine (C=N–C) groups is 2. The van der Waals surface area contributed by atoms with Gasteiger partial charge in [0.2, 0.25) is 0 Å². The van der Waals surface area contributed by atoms with Crippen LogP contribution in [0.2, 0.25) is 0 Å². The molecule has 0 spiro atoms. The van der Waals surface area contributed by atoms with E-state index in [9.17, 15) is 4.39 Å². The molecule has 0 bridgehead atoms. The molecule has 1 aliphatic carbocycles. The maximum absolute atomic E-state index is 14.2. The number of nitrogens with zero attached hydrogens (tertiary/aromatic N) is 2. The highest BCUT2D eigenvalue weighted by Gasteiger charge is 2.13. The van der Waals surface area contributed by atoms with Crippen LogP contribution in [0.5, 0.6) is 0 Å². The first-order chi connectivity index (χ1) is 14.6. The molecule has 0 amide bonds. The molecule has 0 heterocycles. The van der Waals surface area contributed by atoms with Crippen LogP contribution in [0.4, 0.5) is 10.1 Å². The number of ether oxygens (including phenoxy) is 2. The summed E-state index contributed by atoms with van der Waals surface area (Å²) in [5, 5.41) is 0. The third-order valence-corrected chi connectivity index (χ3v) is 4.23. The van der Waals surface area contributed by atoms with Crippen LogP contribution in [0, 0.1) is 5.82 Å². The molecule has 30 heavy (non-hydrogen) atoms. The molecule has 0 radical (unpaired) electrons. The Kier molecular flexibility index (Phi) is 9.84. The highest BCUT2D eigenvalue weighted by atomic mass is 19.1. The predicted octanol–water partition coefficient (Wildman–Crippen LogP) is 6.36. The molecule has 0 unspecified atom stereocenters. The average Bonchev–Trinajstić information content (AvgIpc) is 2.76. The van der Waals surface area contributed by atoms with E-state index in [1.807, 2.05) is 26.0 Å². The summed E-state index contributed by atoms with van der Waals surface area (Å²) in [6, 6.07) is 4.44. The van der Waals surface area contributed by atoms with Crippen molar-refractivity contribution in [1.82, 2.24) is 0 Å². The molecule has 0 saturated heterocycles. The Morgan fingerprint density at radius 2 is 2.00 bits per heavy atom. The average molecular weight is 409 g/mol. The molecule has 0 fully saturated rings. The molecule has 5 heteroatoms. The van der Waals surface area contributed by atoms with Gasteiger partial charge in [-0.1, -0.05) is 37.5 Å². The highest BCUT2D eigenvalue weighted by Crippen LogP contribution is 2.33. The molecule has 1 aromatic carbocycles. The fraction of sp³-hybridized carbons (Fsp3) is 0.280. The van der Waals surface area contributed by atoms with Gasteiger partial charge in [-0.2, -0.15) is 0 Å². The fourth-order valence-electron chi connectivity index (χ4n) is 2.88. The van der Waals surface area contributed by atoms with Gasteiger partial charge in [0.15, 0.2) is 6.29 Å². The predicted molar refractivity (Wildman–Crippen MR) is 124 cm³/mol. The van der Waals surface area contributed by atoms with Crippen molar-refractivity contribution in [2.45, 2.75) is 33.0 Å². The van der Waals surface area contributed by atoms with Gasteiger partial charge in [0.05, 0.1) is 17.6 Å². The third-order valence-electron chi connectivity index (χ3n) is 4.23. The van der Waals surface area contributed by atoms with E-state index in [0.29, 0.717) is 35.7 Å². The summed E-state index contributed by atoms with van der Waals surface area (Å²) >= 11 is 0. The summed E-state index contributed by atoms with van der Waals surface area (Å²) in [7, 11) is 0. The number of allylic oxidation sites excluding steroid dienone is 7. The van der Waals surface area contributed by atoms with Crippen LogP contribution in [-0.4, -0.2) is 31.9 Å². The van der Waals surface area contributed by atoms with Gasteiger partial charge in [-0.3, -0.25) is 9.98 Å². The molecule has 0 saturated carbocycles. The second kappa shape index (κ2) is 12.6. The zero-order valence-corrected chi connectivity index (χ0v) is 17.7. The summed E-state index contributed by atoms with van der Waals surface area (Å²) < 4.78 is 25.2. The Bertz CT molecular complexity index is 888. The van der Waals surface area contributed by atoms with E-state index in [0.717, 1.165) is 18.4 Å². The second-order valence-corrected chi connectivity index (χ2v) is 6.42. The molecule has 0 aliphatic heterocycles. The van der Waals surface area contributed by atoms with Gasteiger partial charge in [-0.05, 0) is 56.5 Å². The fourth-order valence-corrected chi connectivity index (χ4v) is 2.88. The minimum atomic E-state index is -0.573. The van der Waals surface area contributed by atoms with Crippen LogP contribution in [0.3, 0.4) is 0 Å². The lowest BCUT2D eigenvalue weighted by atomic mass is 9.96. The molecule has 4 nitrogen and oxygen atoms in total. The number of hydrogen-bond donors (Lipinski definition) is 0. The summed E-state index contributed by atoms with van der Waals surface area (Å²) in [5.74, 6) is -0.366. The van der Waals surface area contributed by atoms with E-state index in [2.05, 4.69) is 35.3 Å². The SMILES string of the molecule is C=CC=NC(=C)/C(=C\C1=CCCC=C1)c1cc(F)ccc1N=CC(OCC)OCC. The number of benzene rings is 1. The van der Waals surface area contributed by atoms with Crippen LogP contribution >= 0.6 is 0 Å². The van der Waals surface area contributed by atoms with Gasteiger partial charge >= 0.3 is 0 Å². The standard InChI is InChI=1S/C25H29FN2O2/c1-5-15-27-19(4)22(16-20-11-9-8-10-12-20)23-17-21(26)13-14-24(23)28-18-25(29-6-2)30-7-3/h5,9,11-18,25H,1,4,6-8,10H2,2-3H3/b22-16+,27-15?,28-18?. The summed E-state index contributed by atoms with van der Waals surface area (Å²) in [6.45, 7) is 12.5. The molecule has 158 valence electrons. The minimum Gasteiger partial charge on any atom is -0.348 e. The molecule has 1 aliphatic rings. The van der Waals surface area contributed by atoms with Gasteiger partial charge in [0, 0.05) is 30.6 Å². The zero-order chi connectivity index (χ0) is 21.8. The molecule has 0 atom stereocenters. The Balaban J connectivity index is 2.52. The largest absolute Gasteiger partial charge is 0.348 e. The van der Waals surface area contributed by atoms with Crippen molar-refractivity contribution >= 4 is 23.7 Å². The normalized spacial score (nSPS) is 14.7. The van der Waals surface area contributed by atoms with E-state index >= 15 is 0 Å². The van der Waals surface area contributed by atoms with Crippen molar-refractivity contribution in [2.24, 2.45) is 9.98 Å². The van der Waals surface area contributed by atoms with Crippen LogP contribution in [-0.2, 0) is 9.47 Å². The van der Waals surface area contributed by atoms with Crippen LogP contribution in [0.25, 0.3) is 5.57 Å². The monoisotopic (exact) mass is 408 g/mol. The first kappa shape index (κ1) is 23.4. The topological polar surface area (TPSA) is 43.2 Å². The Hall–Kier alpha value is -2.89. The molecular weight excluding hydrogens is 379 g/mol. The second-order valence-electron chi connectivity index (χ2n) is 6.42. The molecule has 0 aromatic heterocycles. The molecule has 1 aromatic rings. The van der Waals surface area contributed by atoms with E-state index in [1.165, 1.54) is 12.1 Å². The van der Waals surface area contributed by atoms with Gasteiger partial charge in [-0.25, -0.2) is 4.39 Å². The van der Waals surface area contributed by atoms with Crippen molar-refractivity contribution in [3.8, 4) is 0 Å². The summed E-state index contributed by atoms with van der Waals surface area (Å²) in [6.07, 6.45) is 14.3. The maximum atomic E-state index is 14.2. The summed E-state index contributed by atoms with van der Waals surface area (Å²) in [5.41, 5.74) is 3.35. The number of halogens is 1. The number of hydrogen-bond acceptors (Lipinski definition) is 4.